The highest BCUT2D eigenvalue weighted by Gasteiger charge is 2.04. The summed E-state index contributed by atoms with van der Waals surface area (Å²) in [6.07, 6.45) is 1.19. The van der Waals surface area contributed by atoms with E-state index < -0.39 is 9.84 Å². The van der Waals surface area contributed by atoms with Crippen molar-refractivity contribution in [2.75, 3.05) is 23.9 Å². The zero-order valence-corrected chi connectivity index (χ0v) is 10.1. The largest absolute Gasteiger partial charge is 0.383 e. The Labute approximate surface area is 95.8 Å². The van der Waals surface area contributed by atoms with Crippen LogP contribution in [0.25, 0.3) is 0 Å². The number of hydrogen-bond donors (Lipinski definition) is 1. The summed E-state index contributed by atoms with van der Waals surface area (Å²) in [7, 11) is -2.97. The van der Waals surface area contributed by atoms with Crippen LogP contribution in [0, 0.1) is 18.3 Å². The molecular weight excluding hydrogens is 224 g/mol. The van der Waals surface area contributed by atoms with Gasteiger partial charge in [-0.1, -0.05) is 6.07 Å². The van der Waals surface area contributed by atoms with Gasteiger partial charge in [0.1, 0.15) is 15.9 Å². The van der Waals surface area contributed by atoms with Crippen LogP contribution in [0.2, 0.25) is 0 Å². The maximum Gasteiger partial charge on any atom is 0.149 e. The number of nitrogens with zero attached hydrogens (tertiary/aromatic N) is 1. The van der Waals surface area contributed by atoms with Crippen LogP contribution in [0.5, 0.6) is 0 Å². The van der Waals surface area contributed by atoms with E-state index >= 15 is 0 Å². The number of nitriles is 1. The third-order valence-corrected chi connectivity index (χ3v) is 3.03. The average molecular weight is 238 g/mol. The van der Waals surface area contributed by atoms with Crippen molar-refractivity contribution < 1.29 is 8.42 Å². The van der Waals surface area contributed by atoms with Crippen LogP contribution in [-0.4, -0.2) is 27.0 Å². The lowest BCUT2D eigenvalue weighted by molar-refractivity contribution is 0.602. The van der Waals surface area contributed by atoms with E-state index in [1.54, 1.807) is 12.1 Å². The number of aryl methyl sites for hydroxylation is 1. The topological polar surface area (TPSA) is 70.0 Å². The van der Waals surface area contributed by atoms with Gasteiger partial charge >= 0.3 is 0 Å². The Bertz CT molecular complexity index is 515. The van der Waals surface area contributed by atoms with Crippen molar-refractivity contribution in [2.45, 2.75) is 6.92 Å². The molecule has 0 aromatic heterocycles. The van der Waals surface area contributed by atoms with E-state index in [1.165, 1.54) is 6.26 Å². The summed E-state index contributed by atoms with van der Waals surface area (Å²) >= 11 is 0. The van der Waals surface area contributed by atoms with Crippen molar-refractivity contribution in [1.82, 2.24) is 0 Å². The van der Waals surface area contributed by atoms with E-state index in [0.717, 1.165) is 5.56 Å². The van der Waals surface area contributed by atoms with E-state index in [-0.39, 0.29) is 5.75 Å². The Morgan fingerprint density at radius 2 is 2.12 bits per heavy atom. The number of anilines is 1. The summed E-state index contributed by atoms with van der Waals surface area (Å²) in [4.78, 5) is 0. The molecule has 1 rings (SSSR count). The van der Waals surface area contributed by atoms with E-state index in [9.17, 15) is 8.42 Å². The maximum absolute atomic E-state index is 10.9. The molecule has 4 nitrogen and oxygen atoms in total. The average Bonchev–Trinajstić information content (AvgIpc) is 2.18. The molecule has 0 bridgehead atoms. The quantitative estimate of drug-likeness (QED) is 0.859. The van der Waals surface area contributed by atoms with Crippen molar-refractivity contribution in [3.8, 4) is 6.07 Å². The van der Waals surface area contributed by atoms with E-state index in [4.69, 9.17) is 5.26 Å². The number of benzene rings is 1. The van der Waals surface area contributed by atoms with Crippen LogP contribution < -0.4 is 5.32 Å². The third-order valence-electron chi connectivity index (χ3n) is 2.08. The van der Waals surface area contributed by atoms with Gasteiger partial charge in [-0.25, -0.2) is 8.42 Å². The highest BCUT2D eigenvalue weighted by Crippen LogP contribution is 2.15. The molecule has 1 N–H and O–H groups in total. The van der Waals surface area contributed by atoms with Gasteiger partial charge in [0, 0.05) is 12.8 Å². The molecule has 0 atom stereocenters. The van der Waals surface area contributed by atoms with Gasteiger partial charge in [-0.3, -0.25) is 0 Å². The molecule has 0 amide bonds. The highest BCUT2D eigenvalue weighted by atomic mass is 32.2. The second kappa shape index (κ2) is 4.99. The molecular formula is C11H14N2O2S. The van der Waals surface area contributed by atoms with Crippen LogP contribution in [-0.2, 0) is 9.84 Å². The molecule has 1 aromatic rings. The van der Waals surface area contributed by atoms with Gasteiger partial charge in [0.25, 0.3) is 0 Å². The van der Waals surface area contributed by atoms with Gasteiger partial charge in [0.05, 0.1) is 17.0 Å². The Morgan fingerprint density at radius 1 is 1.44 bits per heavy atom. The molecule has 0 saturated heterocycles. The first-order chi connectivity index (χ1) is 7.42. The highest BCUT2D eigenvalue weighted by molar-refractivity contribution is 7.90. The van der Waals surface area contributed by atoms with Gasteiger partial charge in [-0.15, -0.1) is 0 Å². The molecule has 0 aliphatic carbocycles. The second-order valence-electron chi connectivity index (χ2n) is 3.72. The lowest BCUT2D eigenvalue weighted by atomic mass is 10.1. The van der Waals surface area contributed by atoms with E-state index in [0.29, 0.717) is 17.8 Å². The predicted molar refractivity (Wildman–Crippen MR) is 64.1 cm³/mol. The molecule has 0 unspecified atom stereocenters. The van der Waals surface area contributed by atoms with Crippen molar-refractivity contribution >= 4 is 15.5 Å². The molecule has 5 heteroatoms. The Morgan fingerprint density at radius 3 is 2.69 bits per heavy atom. The molecule has 86 valence electrons. The molecule has 0 aliphatic heterocycles. The van der Waals surface area contributed by atoms with Crippen LogP contribution in [0.3, 0.4) is 0 Å². The molecule has 1 aromatic carbocycles. The van der Waals surface area contributed by atoms with Gasteiger partial charge in [-0.05, 0) is 24.6 Å². The lowest BCUT2D eigenvalue weighted by Gasteiger charge is -2.07. The second-order valence-corrected chi connectivity index (χ2v) is 5.98. The van der Waals surface area contributed by atoms with Crippen molar-refractivity contribution in [1.29, 1.82) is 5.26 Å². The molecule has 0 spiro atoms. The zero-order chi connectivity index (χ0) is 12.2. The van der Waals surface area contributed by atoms with Gasteiger partial charge in [0.2, 0.25) is 0 Å². The third kappa shape index (κ3) is 3.91. The zero-order valence-electron chi connectivity index (χ0n) is 9.32. The van der Waals surface area contributed by atoms with Crippen molar-refractivity contribution in [2.24, 2.45) is 0 Å². The minimum atomic E-state index is -2.97. The predicted octanol–water partition coefficient (Wildman–Crippen LogP) is 1.32. The van der Waals surface area contributed by atoms with Crippen molar-refractivity contribution in [3.05, 3.63) is 29.3 Å². The fourth-order valence-electron chi connectivity index (χ4n) is 1.28. The molecule has 16 heavy (non-hydrogen) atoms. The van der Waals surface area contributed by atoms with Crippen LogP contribution >= 0.6 is 0 Å². The monoisotopic (exact) mass is 238 g/mol. The minimum absolute atomic E-state index is 0.0613. The van der Waals surface area contributed by atoms with Gasteiger partial charge in [-0.2, -0.15) is 5.26 Å². The number of sulfone groups is 1. The number of nitrogens with one attached hydrogen (secondary N) is 1. The molecule has 0 heterocycles. The smallest absolute Gasteiger partial charge is 0.149 e. The van der Waals surface area contributed by atoms with Crippen molar-refractivity contribution in [3.63, 3.8) is 0 Å². The maximum atomic E-state index is 10.9. The summed E-state index contributed by atoms with van der Waals surface area (Å²) in [6, 6.07) is 7.51. The lowest BCUT2D eigenvalue weighted by Crippen LogP contribution is -2.14. The molecule has 0 aliphatic rings. The number of rotatable bonds is 4. The summed E-state index contributed by atoms with van der Waals surface area (Å²) < 4.78 is 21.9. The van der Waals surface area contributed by atoms with Gasteiger partial charge in [0.15, 0.2) is 0 Å². The van der Waals surface area contributed by atoms with Gasteiger partial charge < -0.3 is 5.32 Å². The van der Waals surface area contributed by atoms with E-state index in [2.05, 4.69) is 11.4 Å². The summed E-state index contributed by atoms with van der Waals surface area (Å²) in [6.45, 7) is 2.22. The fourth-order valence-corrected chi connectivity index (χ4v) is 1.75. The first-order valence-electron chi connectivity index (χ1n) is 4.85. The number of hydrogen-bond acceptors (Lipinski definition) is 4. The summed E-state index contributed by atoms with van der Waals surface area (Å²) in [5.41, 5.74) is 2.22. The van der Waals surface area contributed by atoms with Crippen LogP contribution in [0.4, 0.5) is 5.69 Å². The Kier molecular flexibility index (Phi) is 3.91. The first kappa shape index (κ1) is 12.5. The molecule has 0 fully saturated rings. The Balaban J connectivity index is 2.72. The minimum Gasteiger partial charge on any atom is -0.383 e. The van der Waals surface area contributed by atoms with Crippen LogP contribution in [0.1, 0.15) is 11.1 Å². The standard InChI is InChI=1S/C11H14N2O2S/c1-9-3-4-11(10(7-9)8-12)13-5-6-16(2,14)15/h3-4,7,13H,5-6H2,1-2H3. The summed E-state index contributed by atoms with van der Waals surface area (Å²) in [5.74, 6) is 0.0613. The SMILES string of the molecule is Cc1ccc(NCCS(C)(=O)=O)c(C#N)c1. The Hall–Kier alpha value is -1.54. The molecule has 0 saturated carbocycles. The van der Waals surface area contributed by atoms with Crippen LogP contribution in [0.15, 0.2) is 18.2 Å². The van der Waals surface area contributed by atoms with E-state index in [1.807, 2.05) is 13.0 Å². The fraction of sp³-hybridized carbons (Fsp3) is 0.364. The first-order valence-corrected chi connectivity index (χ1v) is 6.91. The normalized spacial score (nSPS) is 10.8. The summed E-state index contributed by atoms with van der Waals surface area (Å²) in [5, 5.41) is 11.8. The molecule has 0 radical (unpaired) electrons.